The van der Waals surface area contributed by atoms with Crippen LogP contribution in [0.2, 0.25) is 0 Å². The minimum Gasteiger partial charge on any atom is -0.263 e. The first-order valence-electron chi connectivity index (χ1n) is 3.78. The van der Waals surface area contributed by atoms with Gasteiger partial charge in [-0.25, -0.2) is 0 Å². The second kappa shape index (κ2) is 2.75. The normalized spacial score (nSPS) is 15.3. The van der Waals surface area contributed by atoms with Gasteiger partial charge in [-0.05, 0) is 18.9 Å². The van der Waals surface area contributed by atoms with E-state index < -0.39 is 0 Å². The molecule has 2 rings (SSSR count). The lowest BCUT2D eigenvalue weighted by Gasteiger charge is -1.83. The van der Waals surface area contributed by atoms with Crippen LogP contribution in [-0.4, -0.2) is 4.98 Å². The lowest BCUT2D eigenvalue weighted by molar-refractivity contribution is 1.18. The Labute approximate surface area is 66.5 Å². The van der Waals surface area contributed by atoms with Gasteiger partial charge in [0.2, 0.25) is 0 Å². The Morgan fingerprint density at radius 2 is 2.45 bits per heavy atom. The van der Waals surface area contributed by atoms with Crippen molar-refractivity contribution in [1.29, 1.82) is 0 Å². The third-order valence-electron chi connectivity index (χ3n) is 1.60. The maximum Gasteiger partial charge on any atom is 0.0435 e. The molecule has 1 aliphatic rings. The summed E-state index contributed by atoms with van der Waals surface area (Å²) in [5.74, 6) is 6.89. The summed E-state index contributed by atoms with van der Waals surface area (Å²) >= 11 is 0. The Morgan fingerprint density at radius 1 is 1.55 bits per heavy atom. The zero-order valence-electron chi connectivity index (χ0n) is 6.17. The van der Waals surface area contributed by atoms with Crippen LogP contribution in [0.5, 0.6) is 0 Å². The SMILES string of the molecule is C(#CC1CC1)c1c[c]cnc1. The van der Waals surface area contributed by atoms with Crippen LogP contribution in [0.15, 0.2) is 18.5 Å². The lowest BCUT2D eigenvalue weighted by Crippen LogP contribution is -1.75. The molecule has 11 heavy (non-hydrogen) atoms. The number of rotatable bonds is 0. The Hall–Kier alpha value is -1.29. The molecule has 1 aliphatic carbocycles. The minimum atomic E-state index is 0.662. The van der Waals surface area contributed by atoms with Crippen LogP contribution in [0.1, 0.15) is 18.4 Å². The first-order valence-corrected chi connectivity index (χ1v) is 3.78. The second-order valence-corrected chi connectivity index (χ2v) is 2.72. The van der Waals surface area contributed by atoms with Crippen molar-refractivity contribution in [2.24, 2.45) is 5.92 Å². The Kier molecular flexibility index (Phi) is 1.61. The highest BCUT2D eigenvalue weighted by Gasteiger charge is 2.17. The van der Waals surface area contributed by atoms with E-state index in [1.54, 1.807) is 12.4 Å². The molecule has 0 aromatic carbocycles. The highest BCUT2D eigenvalue weighted by atomic mass is 14.6. The van der Waals surface area contributed by atoms with Crippen molar-refractivity contribution in [3.8, 4) is 11.8 Å². The smallest absolute Gasteiger partial charge is 0.0435 e. The van der Waals surface area contributed by atoms with Crippen molar-refractivity contribution < 1.29 is 0 Å². The summed E-state index contributed by atoms with van der Waals surface area (Å²) < 4.78 is 0. The van der Waals surface area contributed by atoms with Crippen molar-refractivity contribution >= 4 is 0 Å². The van der Waals surface area contributed by atoms with E-state index in [0.29, 0.717) is 5.92 Å². The molecule has 1 heteroatoms. The fraction of sp³-hybridized carbons (Fsp3) is 0.300. The Bertz CT molecular complexity index is 288. The molecule has 53 valence electrons. The third kappa shape index (κ3) is 1.81. The van der Waals surface area contributed by atoms with E-state index in [1.165, 1.54) is 12.8 Å². The van der Waals surface area contributed by atoms with E-state index in [9.17, 15) is 0 Å². The summed E-state index contributed by atoms with van der Waals surface area (Å²) in [5, 5.41) is 0. The van der Waals surface area contributed by atoms with E-state index in [0.717, 1.165) is 5.56 Å². The topological polar surface area (TPSA) is 12.9 Å². The zero-order valence-corrected chi connectivity index (χ0v) is 6.17. The quantitative estimate of drug-likeness (QED) is 0.502. The average molecular weight is 142 g/mol. The molecule has 1 saturated carbocycles. The maximum atomic E-state index is 3.92. The number of hydrogen-bond donors (Lipinski definition) is 0. The fourth-order valence-electron chi connectivity index (χ4n) is 0.806. The summed E-state index contributed by atoms with van der Waals surface area (Å²) in [5.41, 5.74) is 0.972. The summed E-state index contributed by atoms with van der Waals surface area (Å²) in [6.07, 6.45) is 5.96. The Morgan fingerprint density at radius 3 is 3.09 bits per heavy atom. The average Bonchev–Trinajstić information content (AvgIpc) is 2.86. The number of aromatic nitrogens is 1. The van der Waals surface area contributed by atoms with Crippen LogP contribution in [0.3, 0.4) is 0 Å². The van der Waals surface area contributed by atoms with Gasteiger partial charge in [-0.15, -0.1) is 0 Å². The van der Waals surface area contributed by atoms with E-state index in [1.807, 2.05) is 6.07 Å². The van der Waals surface area contributed by atoms with Crippen molar-refractivity contribution in [1.82, 2.24) is 4.98 Å². The molecular formula is C10H8N. The molecule has 1 nitrogen and oxygen atoms in total. The molecule has 0 aliphatic heterocycles. The van der Waals surface area contributed by atoms with Gasteiger partial charge in [0.05, 0.1) is 0 Å². The standard InChI is InChI=1S/C10H8N/c1-2-10(8-11-7-1)6-5-9-3-4-9/h2,7-9H,3-4H2. The van der Waals surface area contributed by atoms with Gasteiger partial charge in [0, 0.05) is 29.9 Å². The molecule has 0 atom stereocenters. The second-order valence-electron chi connectivity index (χ2n) is 2.72. The molecule has 1 fully saturated rings. The largest absolute Gasteiger partial charge is 0.263 e. The molecule has 0 saturated heterocycles. The van der Waals surface area contributed by atoms with Gasteiger partial charge < -0.3 is 0 Å². The molecule has 0 amide bonds. The fourth-order valence-corrected chi connectivity index (χ4v) is 0.806. The van der Waals surface area contributed by atoms with Gasteiger partial charge in [-0.1, -0.05) is 11.8 Å². The molecular weight excluding hydrogens is 134 g/mol. The van der Waals surface area contributed by atoms with Crippen LogP contribution >= 0.6 is 0 Å². The van der Waals surface area contributed by atoms with Gasteiger partial charge in [-0.2, -0.15) is 0 Å². The molecule has 0 N–H and O–H groups in total. The van der Waals surface area contributed by atoms with E-state index in [2.05, 4.69) is 22.9 Å². The molecule has 0 unspecified atom stereocenters. The van der Waals surface area contributed by atoms with Gasteiger partial charge in [-0.3, -0.25) is 4.98 Å². The van der Waals surface area contributed by atoms with Crippen molar-refractivity contribution in [3.05, 3.63) is 30.1 Å². The molecule has 1 radical (unpaired) electrons. The van der Waals surface area contributed by atoms with Gasteiger partial charge in [0.15, 0.2) is 0 Å². The molecule has 1 heterocycles. The summed E-state index contributed by atoms with van der Waals surface area (Å²) in [6, 6.07) is 4.75. The van der Waals surface area contributed by atoms with Crippen LogP contribution in [-0.2, 0) is 0 Å². The summed E-state index contributed by atoms with van der Waals surface area (Å²) in [6.45, 7) is 0. The summed E-state index contributed by atoms with van der Waals surface area (Å²) in [4.78, 5) is 3.92. The van der Waals surface area contributed by atoms with Crippen molar-refractivity contribution in [2.45, 2.75) is 12.8 Å². The molecule has 1 aromatic rings. The van der Waals surface area contributed by atoms with Gasteiger partial charge in [0.25, 0.3) is 0 Å². The predicted molar refractivity (Wildman–Crippen MR) is 42.7 cm³/mol. The van der Waals surface area contributed by atoms with Crippen molar-refractivity contribution in [2.75, 3.05) is 0 Å². The van der Waals surface area contributed by atoms with Gasteiger partial charge in [0.1, 0.15) is 0 Å². The lowest BCUT2D eigenvalue weighted by atomic mass is 10.3. The van der Waals surface area contributed by atoms with Crippen LogP contribution in [0.25, 0.3) is 0 Å². The highest BCUT2D eigenvalue weighted by molar-refractivity contribution is 5.32. The molecule has 1 aromatic heterocycles. The summed E-state index contributed by atoms with van der Waals surface area (Å²) in [7, 11) is 0. The first kappa shape index (κ1) is 6.42. The number of hydrogen-bond acceptors (Lipinski definition) is 1. The van der Waals surface area contributed by atoms with Gasteiger partial charge >= 0.3 is 0 Å². The van der Waals surface area contributed by atoms with Crippen molar-refractivity contribution in [3.63, 3.8) is 0 Å². The van der Waals surface area contributed by atoms with E-state index in [-0.39, 0.29) is 0 Å². The third-order valence-corrected chi connectivity index (χ3v) is 1.60. The number of pyridine rings is 1. The Balaban J connectivity index is 2.12. The molecule has 0 spiro atoms. The van der Waals surface area contributed by atoms with E-state index in [4.69, 9.17) is 0 Å². The van der Waals surface area contributed by atoms with Crippen LogP contribution in [0.4, 0.5) is 0 Å². The predicted octanol–water partition coefficient (Wildman–Crippen LogP) is 1.64. The van der Waals surface area contributed by atoms with Crippen LogP contribution < -0.4 is 0 Å². The monoisotopic (exact) mass is 142 g/mol. The maximum absolute atomic E-state index is 3.92. The van der Waals surface area contributed by atoms with Crippen LogP contribution in [0, 0.1) is 23.8 Å². The minimum absolute atomic E-state index is 0.662. The first-order chi connectivity index (χ1) is 5.45. The highest BCUT2D eigenvalue weighted by Crippen LogP contribution is 2.27. The van der Waals surface area contributed by atoms with E-state index >= 15 is 0 Å². The molecule has 0 bridgehead atoms. The number of nitrogens with zero attached hydrogens (tertiary/aromatic N) is 1. The zero-order chi connectivity index (χ0) is 7.52.